The Morgan fingerprint density at radius 3 is 2.20 bits per heavy atom. The summed E-state index contributed by atoms with van der Waals surface area (Å²) in [6, 6.07) is 0. The van der Waals surface area contributed by atoms with E-state index in [1.54, 1.807) is 7.11 Å². The number of nitrogens with zero attached hydrogens (tertiary/aromatic N) is 1. The molecule has 0 aromatic rings. The number of imide groups is 1. The predicted molar refractivity (Wildman–Crippen MR) is 60.5 cm³/mol. The second-order valence-electron chi connectivity index (χ2n) is 3.11. The first-order valence-electron chi connectivity index (χ1n) is 4.60. The normalized spacial score (nSPS) is 21.3. The lowest BCUT2D eigenvalue weighted by atomic mass is 10.5. The maximum absolute atomic E-state index is 11.8. The summed E-state index contributed by atoms with van der Waals surface area (Å²) in [4.78, 5) is 26.2. The number of carbonyl (C=O) groups excluding carboxylic acids is 2. The van der Waals surface area contributed by atoms with Crippen molar-refractivity contribution >= 4 is 35.3 Å². The molecule has 0 fully saturated rings. The highest BCUT2D eigenvalue weighted by Gasteiger charge is 2.39. The molecule has 0 N–H and O–H groups in total. The van der Waals surface area contributed by atoms with Gasteiger partial charge in [0.2, 0.25) is 0 Å². The smallest absolute Gasteiger partial charge is 0.268 e. The number of carbonyl (C=O) groups is 2. The Morgan fingerprint density at radius 1 is 1.20 bits per heavy atom. The van der Waals surface area contributed by atoms with E-state index in [2.05, 4.69) is 0 Å². The van der Waals surface area contributed by atoms with Crippen molar-refractivity contribution in [3.05, 3.63) is 9.81 Å². The molecule has 82 valence electrons. The van der Waals surface area contributed by atoms with Crippen molar-refractivity contribution in [2.24, 2.45) is 0 Å². The van der Waals surface area contributed by atoms with E-state index in [1.165, 1.54) is 28.4 Å². The minimum atomic E-state index is -0.149. The van der Waals surface area contributed by atoms with Gasteiger partial charge in [-0.3, -0.25) is 14.5 Å². The highest BCUT2D eigenvalue weighted by molar-refractivity contribution is 8.11. The van der Waals surface area contributed by atoms with E-state index in [1.807, 2.05) is 0 Å². The van der Waals surface area contributed by atoms with Crippen LogP contribution in [0.4, 0.5) is 0 Å². The molecule has 0 aromatic carbocycles. The number of ether oxygens (including phenoxy) is 1. The van der Waals surface area contributed by atoms with Crippen LogP contribution in [0.1, 0.15) is 0 Å². The number of rotatable bonds is 3. The number of thioether (sulfide) groups is 2. The van der Waals surface area contributed by atoms with Gasteiger partial charge in [0.1, 0.15) is 0 Å². The second-order valence-corrected chi connectivity index (χ2v) is 5.32. The molecule has 0 aromatic heterocycles. The fourth-order valence-electron chi connectivity index (χ4n) is 1.46. The van der Waals surface area contributed by atoms with Gasteiger partial charge in [0, 0.05) is 18.6 Å². The molecule has 15 heavy (non-hydrogen) atoms. The van der Waals surface area contributed by atoms with Crippen LogP contribution in [0.25, 0.3) is 0 Å². The van der Waals surface area contributed by atoms with E-state index < -0.39 is 0 Å². The van der Waals surface area contributed by atoms with Crippen molar-refractivity contribution in [1.29, 1.82) is 0 Å². The van der Waals surface area contributed by atoms with Crippen LogP contribution < -0.4 is 0 Å². The standard InChI is InChI=1S/C9H11NO3S2/c1-13-3-2-10-8(11)6-7(9(10)12)15-5-4-14-6/h2-5H2,1H3. The zero-order chi connectivity index (χ0) is 10.8. The maximum Gasteiger partial charge on any atom is 0.268 e. The predicted octanol–water partition coefficient (Wildman–Crippen LogP) is 0.693. The average molecular weight is 245 g/mol. The van der Waals surface area contributed by atoms with Gasteiger partial charge >= 0.3 is 0 Å². The van der Waals surface area contributed by atoms with Gasteiger partial charge in [-0.25, -0.2) is 0 Å². The summed E-state index contributed by atoms with van der Waals surface area (Å²) in [5, 5.41) is 0. The molecule has 2 aliphatic rings. The SMILES string of the molecule is COCCN1C(=O)C2=C(SCCS2)C1=O. The zero-order valence-electron chi connectivity index (χ0n) is 8.32. The second kappa shape index (κ2) is 4.59. The third-order valence-electron chi connectivity index (χ3n) is 2.18. The van der Waals surface area contributed by atoms with Crippen molar-refractivity contribution in [1.82, 2.24) is 4.90 Å². The van der Waals surface area contributed by atoms with Gasteiger partial charge in [0.25, 0.3) is 11.8 Å². The van der Waals surface area contributed by atoms with Gasteiger partial charge < -0.3 is 4.74 Å². The molecule has 2 aliphatic heterocycles. The minimum Gasteiger partial charge on any atom is -0.383 e. The van der Waals surface area contributed by atoms with Crippen molar-refractivity contribution in [3.8, 4) is 0 Å². The lowest BCUT2D eigenvalue weighted by molar-refractivity contribution is -0.137. The summed E-state index contributed by atoms with van der Waals surface area (Å²) in [6.45, 7) is 0.746. The Hall–Kier alpha value is -0.460. The van der Waals surface area contributed by atoms with Gasteiger partial charge in [-0.2, -0.15) is 0 Å². The number of hydrogen-bond donors (Lipinski definition) is 0. The highest BCUT2D eigenvalue weighted by Crippen LogP contribution is 2.40. The Morgan fingerprint density at radius 2 is 1.73 bits per heavy atom. The number of amides is 2. The Balaban J connectivity index is 2.14. The van der Waals surface area contributed by atoms with E-state index in [0.29, 0.717) is 23.0 Å². The summed E-state index contributed by atoms with van der Waals surface area (Å²) < 4.78 is 4.88. The Bertz CT molecular complexity index is 312. The van der Waals surface area contributed by atoms with E-state index >= 15 is 0 Å². The van der Waals surface area contributed by atoms with E-state index in [-0.39, 0.29) is 11.8 Å². The summed E-state index contributed by atoms with van der Waals surface area (Å²) in [5.74, 6) is 1.51. The first-order chi connectivity index (χ1) is 7.25. The zero-order valence-corrected chi connectivity index (χ0v) is 9.95. The fourth-order valence-corrected chi connectivity index (χ4v) is 3.79. The van der Waals surface area contributed by atoms with Crippen LogP contribution in [0.15, 0.2) is 9.81 Å². The lowest BCUT2D eigenvalue weighted by Crippen LogP contribution is -2.34. The molecule has 0 saturated carbocycles. The molecule has 2 heterocycles. The van der Waals surface area contributed by atoms with E-state index in [0.717, 1.165) is 11.5 Å². The summed E-state index contributed by atoms with van der Waals surface area (Å²) in [5.41, 5.74) is 0. The van der Waals surface area contributed by atoms with Crippen LogP contribution in [0.3, 0.4) is 0 Å². The lowest BCUT2D eigenvalue weighted by Gasteiger charge is -2.13. The Kier molecular flexibility index (Phi) is 3.38. The molecule has 0 spiro atoms. The quantitative estimate of drug-likeness (QED) is 0.685. The first-order valence-corrected chi connectivity index (χ1v) is 6.58. The third-order valence-corrected chi connectivity index (χ3v) is 4.72. The third kappa shape index (κ3) is 1.93. The molecule has 0 saturated heterocycles. The number of methoxy groups -OCH3 is 1. The first kappa shape index (κ1) is 11.0. The van der Waals surface area contributed by atoms with Crippen molar-refractivity contribution in [3.63, 3.8) is 0 Å². The van der Waals surface area contributed by atoms with Crippen LogP contribution in [0, 0.1) is 0 Å². The summed E-state index contributed by atoms with van der Waals surface area (Å²) in [7, 11) is 1.56. The van der Waals surface area contributed by atoms with E-state index in [4.69, 9.17) is 4.74 Å². The van der Waals surface area contributed by atoms with Gasteiger partial charge in [-0.15, -0.1) is 23.5 Å². The molecule has 0 bridgehead atoms. The number of hydrogen-bond acceptors (Lipinski definition) is 5. The minimum absolute atomic E-state index is 0.149. The summed E-state index contributed by atoms with van der Waals surface area (Å²) >= 11 is 2.98. The van der Waals surface area contributed by atoms with Gasteiger partial charge in [-0.05, 0) is 0 Å². The summed E-state index contributed by atoms with van der Waals surface area (Å²) in [6.07, 6.45) is 0. The molecule has 2 amide bonds. The topological polar surface area (TPSA) is 46.6 Å². The van der Waals surface area contributed by atoms with Gasteiger partial charge in [-0.1, -0.05) is 0 Å². The average Bonchev–Trinajstić information content (AvgIpc) is 2.51. The van der Waals surface area contributed by atoms with Gasteiger partial charge in [0.15, 0.2) is 0 Å². The molecule has 0 aliphatic carbocycles. The van der Waals surface area contributed by atoms with Crippen LogP contribution >= 0.6 is 23.5 Å². The molecular formula is C9H11NO3S2. The van der Waals surface area contributed by atoms with Crippen LogP contribution in [0.5, 0.6) is 0 Å². The van der Waals surface area contributed by atoms with Crippen LogP contribution in [0.2, 0.25) is 0 Å². The monoisotopic (exact) mass is 245 g/mol. The molecular weight excluding hydrogens is 234 g/mol. The Labute approximate surface area is 96.4 Å². The molecule has 0 atom stereocenters. The molecule has 2 rings (SSSR count). The molecule has 0 radical (unpaired) electrons. The van der Waals surface area contributed by atoms with Crippen molar-refractivity contribution < 1.29 is 14.3 Å². The molecule has 4 nitrogen and oxygen atoms in total. The van der Waals surface area contributed by atoms with Crippen LogP contribution in [-0.2, 0) is 14.3 Å². The largest absolute Gasteiger partial charge is 0.383 e. The maximum atomic E-state index is 11.8. The molecule has 6 heteroatoms. The van der Waals surface area contributed by atoms with E-state index in [9.17, 15) is 9.59 Å². The van der Waals surface area contributed by atoms with Crippen molar-refractivity contribution in [2.45, 2.75) is 0 Å². The van der Waals surface area contributed by atoms with Gasteiger partial charge in [0.05, 0.1) is 23.0 Å². The molecule has 0 unspecified atom stereocenters. The van der Waals surface area contributed by atoms with Crippen molar-refractivity contribution in [2.75, 3.05) is 31.8 Å². The highest BCUT2D eigenvalue weighted by atomic mass is 32.2. The fraction of sp³-hybridized carbons (Fsp3) is 0.556. The van der Waals surface area contributed by atoms with Crippen LogP contribution in [-0.4, -0.2) is 48.5 Å².